The number of alkyl halides is 3. The van der Waals surface area contributed by atoms with Gasteiger partial charge in [0.2, 0.25) is 11.9 Å². The van der Waals surface area contributed by atoms with Gasteiger partial charge in [-0.25, -0.2) is 4.98 Å². The highest BCUT2D eigenvalue weighted by Gasteiger charge is 2.53. The summed E-state index contributed by atoms with van der Waals surface area (Å²) in [5.41, 5.74) is -0.218. The molecule has 0 unspecified atom stereocenters. The van der Waals surface area contributed by atoms with E-state index in [0.717, 1.165) is 23.5 Å². The lowest BCUT2D eigenvalue weighted by atomic mass is 10.1. The number of carbonyl (C=O) groups excluding carboxylic acids is 1. The Hall–Kier alpha value is -2.49. The molecule has 1 aliphatic carbocycles. The minimum absolute atomic E-state index is 0.185. The van der Waals surface area contributed by atoms with Gasteiger partial charge in [0, 0.05) is 22.3 Å². The smallest absolute Gasteiger partial charge is 0.301 e. The third-order valence-corrected chi connectivity index (χ3v) is 4.34. The summed E-state index contributed by atoms with van der Waals surface area (Å²) in [5.74, 6) is -1.18. The van der Waals surface area contributed by atoms with Gasteiger partial charge in [0.1, 0.15) is 5.92 Å². The molecular formula is C14H10F3N3O3S. The van der Waals surface area contributed by atoms with E-state index in [1.807, 2.05) is 0 Å². The molecule has 1 fully saturated rings. The molecule has 10 heteroatoms. The Labute approximate surface area is 137 Å². The van der Waals surface area contributed by atoms with Crippen LogP contribution in [0, 0.1) is 16.0 Å². The highest BCUT2D eigenvalue weighted by Crippen LogP contribution is 2.35. The standard InChI is InChI=1S/C14H10F3N3O3S/c15-14(16,17)8-3-1-2-7(4-8)10-6-24-13(18-10)19-12(21)9-5-11(9)20(22)23/h1-4,6,9,11H,5H2,(H,18,19,21)/t9-,11-/m0/s1. The SMILES string of the molecule is O=C(Nc1nc(-c2cccc(C(F)(F)F)c2)cs1)[C@H]1C[C@@H]1[N+](=O)[O-]. The third-order valence-electron chi connectivity index (χ3n) is 3.58. The summed E-state index contributed by atoms with van der Waals surface area (Å²) in [6.07, 6.45) is -4.27. The molecule has 1 aromatic carbocycles. The maximum atomic E-state index is 12.7. The van der Waals surface area contributed by atoms with Crippen LogP contribution in [-0.4, -0.2) is 21.9 Å². The lowest BCUT2D eigenvalue weighted by Crippen LogP contribution is -2.18. The van der Waals surface area contributed by atoms with Crippen molar-refractivity contribution < 1.29 is 22.9 Å². The number of amides is 1. The van der Waals surface area contributed by atoms with Gasteiger partial charge in [-0.05, 0) is 12.1 Å². The molecule has 0 spiro atoms. The molecule has 1 aliphatic rings. The monoisotopic (exact) mass is 357 g/mol. The Morgan fingerprint density at radius 3 is 2.79 bits per heavy atom. The normalized spacial score (nSPS) is 19.8. The van der Waals surface area contributed by atoms with E-state index >= 15 is 0 Å². The Morgan fingerprint density at radius 1 is 1.42 bits per heavy atom. The van der Waals surface area contributed by atoms with Crippen molar-refractivity contribution in [3.63, 3.8) is 0 Å². The van der Waals surface area contributed by atoms with E-state index in [4.69, 9.17) is 0 Å². The quantitative estimate of drug-likeness (QED) is 0.671. The van der Waals surface area contributed by atoms with E-state index in [1.165, 1.54) is 17.5 Å². The molecule has 1 aromatic heterocycles. The summed E-state index contributed by atoms with van der Waals surface area (Å²) >= 11 is 1.05. The van der Waals surface area contributed by atoms with Gasteiger partial charge in [-0.2, -0.15) is 13.2 Å². The van der Waals surface area contributed by atoms with Crippen LogP contribution >= 0.6 is 11.3 Å². The van der Waals surface area contributed by atoms with Gasteiger partial charge in [-0.15, -0.1) is 11.3 Å². The molecule has 6 nitrogen and oxygen atoms in total. The van der Waals surface area contributed by atoms with Crippen molar-refractivity contribution in [2.75, 3.05) is 5.32 Å². The second-order valence-electron chi connectivity index (χ2n) is 5.30. The predicted molar refractivity (Wildman–Crippen MR) is 80.1 cm³/mol. The Kier molecular flexibility index (Phi) is 3.99. The maximum Gasteiger partial charge on any atom is 0.416 e. The molecule has 126 valence electrons. The molecule has 24 heavy (non-hydrogen) atoms. The first-order chi connectivity index (χ1) is 11.3. The van der Waals surface area contributed by atoms with Crippen molar-refractivity contribution in [1.82, 2.24) is 4.98 Å². The Bertz CT molecular complexity index is 806. The number of nitrogens with zero attached hydrogens (tertiary/aromatic N) is 2. The van der Waals surface area contributed by atoms with E-state index < -0.39 is 34.5 Å². The van der Waals surface area contributed by atoms with Crippen LogP contribution in [0.25, 0.3) is 11.3 Å². The number of rotatable bonds is 4. The van der Waals surface area contributed by atoms with E-state index in [0.29, 0.717) is 5.69 Å². The predicted octanol–water partition coefficient (Wildman–Crippen LogP) is 3.43. The highest BCUT2D eigenvalue weighted by atomic mass is 32.1. The number of hydrogen-bond donors (Lipinski definition) is 1. The number of carbonyl (C=O) groups is 1. The van der Waals surface area contributed by atoms with Crippen molar-refractivity contribution in [1.29, 1.82) is 0 Å². The fraction of sp³-hybridized carbons (Fsp3) is 0.286. The van der Waals surface area contributed by atoms with E-state index in [9.17, 15) is 28.1 Å². The van der Waals surface area contributed by atoms with Gasteiger partial charge in [0.05, 0.1) is 11.3 Å². The van der Waals surface area contributed by atoms with Gasteiger partial charge in [-0.3, -0.25) is 14.9 Å². The van der Waals surface area contributed by atoms with Gasteiger partial charge in [-0.1, -0.05) is 12.1 Å². The van der Waals surface area contributed by atoms with Crippen molar-refractivity contribution in [3.05, 3.63) is 45.3 Å². The first-order valence-electron chi connectivity index (χ1n) is 6.83. The van der Waals surface area contributed by atoms with Crippen LogP contribution in [0.1, 0.15) is 12.0 Å². The van der Waals surface area contributed by atoms with Crippen LogP contribution in [-0.2, 0) is 11.0 Å². The zero-order valence-electron chi connectivity index (χ0n) is 11.9. The molecule has 2 atom stereocenters. The molecule has 1 N–H and O–H groups in total. The molecule has 0 bridgehead atoms. The van der Waals surface area contributed by atoms with Crippen molar-refractivity contribution in [2.24, 2.45) is 5.92 Å². The molecule has 3 rings (SSSR count). The van der Waals surface area contributed by atoms with Crippen LogP contribution in [0.5, 0.6) is 0 Å². The van der Waals surface area contributed by atoms with Gasteiger partial charge in [0.15, 0.2) is 5.13 Å². The number of thiazole rings is 1. The minimum atomic E-state index is -4.45. The van der Waals surface area contributed by atoms with Crippen molar-refractivity contribution in [2.45, 2.75) is 18.6 Å². The molecular weight excluding hydrogens is 347 g/mol. The molecule has 2 aromatic rings. The van der Waals surface area contributed by atoms with Crippen LogP contribution < -0.4 is 5.32 Å². The summed E-state index contributed by atoms with van der Waals surface area (Å²) in [4.78, 5) is 25.9. The zero-order valence-corrected chi connectivity index (χ0v) is 12.7. The number of nitro groups is 1. The number of anilines is 1. The largest absolute Gasteiger partial charge is 0.416 e. The van der Waals surface area contributed by atoms with Crippen LogP contribution in [0.3, 0.4) is 0 Å². The molecule has 1 amide bonds. The Morgan fingerprint density at radius 2 is 2.17 bits per heavy atom. The van der Waals surface area contributed by atoms with Crippen molar-refractivity contribution >= 4 is 22.4 Å². The van der Waals surface area contributed by atoms with Crippen LogP contribution in [0.4, 0.5) is 18.3 Å². The van der Waals surface area contributed by atoms with E-state index in [-0.39, 0.29) is 17.1 Å². The second-order valence-corrected chi connectivity index (χ2v) is 6.16. The molecule has 1 heterocycles. The van der Waals surface area contributed by atoms with Crippen LogP contribution in [0.15, 0.2) is 29.6 Å². The van der Waals surface area contributed by atoms with E-state index in [1.54, 1.807) is 0 Å². The molecule has 0 saturated heterocycles. The first-order valence-corrected chi connectivity index (χ1v) is 7.71. The topological polar surface area (TPSA) is 85.1 Å². The van der Waals surface area contributed by atoms with Crippen LogP contribution in [0.2, 0.25) is 0 Å². The second kappa shape index (κ2) is 5.86. The van der Waals surface area contributed by atoms with Gasteiger partial charge < -0.3 is 5.32 Å². The number of benzene rings is 1. The van der Waals surface area contributed by atoms with Gasteiger partial charge in [0.25, 0.3) is 0 Å². The average molecular weight is 357 g/mol. The summed E-state index contributed by atoms with van der Waals surface area (Å²) in [6, 6.07) is 3.84. The summed E-state index contributed by atoms with van der Waals surface area (Å²) in [6.45, 7) is 0. The van der Waals surface area contributed by atoms with E-state index in [2.05, 4.69) is 10.3 Å². The fourth-order valence-electron chi connectivity index (χ4n) is 2.21. The van der Waals surface area contributed by atoms with Crippen molar-refractivity contribution in [3.8, 4) is 11.3 Å². The average Bonchev–Trinajstić information content (AvgIpc) is 3.20. The number of halogens is 3. The van der Waals surface area contributed by atoms with Gasteiger partial charge >= 0.3 is 6.18 Å². The zero-order chi connectivity index (χ0) is 17.5. The lowest BCUT2D eigenvalue weighted by molar-refractivity contribution is -0.497. The molecule has 0 radical (unpaired) electrons. The number of aromatic nitrogens is 1. The summed E-state index contributed by atoms with van der Waals surface area (Å²) in [7, 11) is 0. The number of nitrogens with one attached hydrogen (secondary N) is 1. The Balaban J connectivity index is 1.72. The highest BCUT2D eigenvalue weighted by molar-refractivity contribution is 7.14. The first kappa shape index (κ1) is 16.4. The number of hydrogen-bond acceptors (Lipinski definition) is 5. The lowest BCUT2D eigenvalue weighted by Gasteiger charge is -2.07. The summed E-state index contributed by atoms with van der Waals surface area (Å²) in [5, 5.41) is 14.7. The third kappa shape index (κ3) is 3.37. The summed E-state index contributed by atoms with van der Waals surface area (Å²) < 4.78 is 38.2. The molecule has 0 aliphatic heterocycles. The minimum Gasteiger partial charge on any atom is -0.301 e. The molecule has 1 saturated carbocycles. The maximum absolute atomic E-state index is 12.7. The fourth-order valence-corrected chi connectivity index (χ4v) is 2.94.